The van der Waals surface area contributed by atoms with Gasteiger partial charge in [-0.1, -0.05) is 30.3 Å². The molecule has 0 aliphatic heterocycles. The molecular formula is C10H9ClO2. The maximum atomic E-state index is 9.41. The summed E-state index contributed by atoms with van der Waals surface area (Å²) in [6.45, 7) is 0. The molecule has 2 aromatic carbocycles. The molecule has 0 aliphatic rings. The number of benzene rings is 2. The lowest BCUT2D eigenvalue weighted by molar-refractivity contribution is 0.408. The van der Waals surface area contributed by atoms with Crippen molar-refractivity contribution in [2.45, 2.75) is 0 Å². The smallest absolute Gasteiger partial charge is 0.165 e. The second-order valence-electron chi connectivity index (χ2n) is 2.65. The molecule has 0 unspecified atom stereocenters. The van der Waals surface area contributed by atoms with E-state index in [2.05, 4.69) is 0 Å². The van der Waals surface area contributed by atoms with Gasteiger partial charge in [0.05, 0.1) is 0 Å². The standard InChI is InChI=1S/C10H8O2.ClH/c11-9-6-5-7-3-1-2-4-8(7)10(9)12;/h1-6,11-12H;1H. The van der Waals surface area contributed by atoms with Gasteiger partial charge in [0, 0.05) is 5.39 Å². The summed E-state index contributed by atoms with van der Waals surface area (Å²) in [4.78, 5) is 0. The monoisotopic (exact) mass is 196 g/mol. The first-order chi connectivity index (χ1) is 5.79. The summed E-state index contributed by atoms with van der Waals surface area (Å²) >= 11 is 0. The molecule has 2 nitrogen and oxygen atoms in total. The molecule has 0 heterocycles. The average Bonchev–Trinajstić information content (AvgIpc) is 2.12. The van der Waals surface area contributed by atoms with Crippen molar-refractivity contribution < 1.29 is 10.2 Å². The van der Waals surface area contributed by atoms with Crippen LogP contribution < -0.4 is 0 Å². The van der Waals surface area contributed by atoms with Crippen LogP contribution in [0.4, 0.5) is 0 Å². The number of hydrogen-bond donors (Lipinski definition) is 2. The normalized spacial score (nSPS) is 9.54. The lowest BCUT2D eigenvalue weighted by Crippen LogP contribution is -1.73. The van der Waals surface area contributed by atoms with Gasteiger partial charge in [0.2, 0.25) is 0 Å². The third-order valence-electron chi connectivity index (χ3n) is 1.88. The Bertz CT molecular complexity index is 426. The van der Waals surface area contributed by atoms with Crippen molar-refractivity contribution in [2.24, 2.45) is 0 Å². The molecule has 0 spiro atoms. The summed E-state index contributed by atoms with van der Waals surface area (Å²) in [5.41, 5.74) is 0. The highest BCUT2D eigenvalue weighted by molar-refractivity contribution is 5.90. The molecule has 2 rings (SSSR count). The van der Waals surface area contributed by atoms with Crippen molar-refractivity contribution in [1.29, 1.82) is 0 Å². The maximum absolute atomic E-state index is 9.41. The molecule has 0 aliphatic carbocycles. The summed E-state index contributed by atoms with van der Waals surface area (Å²) in [5, 5.41) is 20.2. The van der Waals surface area contributed by atoms with Crippen LogP contribution in [0.1, 0.15) is 0 Å². The molecule has 0 saturated heterocycles. The Morgan fingerprint density at radius 2 is 1.54 bits per heavy atom. The first kappa shape index (κ1) is 9.68. The summed E-state index contributed by atoms with van der Waals surface area (Å²) in [6, 6.07) is 10.6. The van der Waals surface area contributed by atoms with E-state index in [0.717, 1.165) is 5.39 Å². The van der Waals surface area contributed by atoms with E-state index in [1.165, 1.54) is 6.07 Å². The zero-order valence-electron chi connectivity index (χ0n) is 6.77. The van der Waals surface area contributed by atoms with Crippen molar-refractivity contribution in [1.82, 2.24) is 0 Å². The Balaban J connectivity index is 0.000000845. The van der Waals surface area contributed by atoms with Gasteiger partial charge in [-0.05, 0) is 11.5 Å². The number of hydrogen-bond acceptors (Lipinski definition) is 2. The number of fused-ring (bicyclic) bond motifs is 1. The van der Waals surface area contributed by atoms with Gasteiger partial charge in [-0.25, -0.2) is 0 Å². The van der Waals surface area contributed by atoms with Crippen LogP contribution in [0.3, 0.4) is 0 Å². The van der Waals surface area contributed by atoms with Crippen molar-refractivity contribution in [3.05, 3.63) is 36.4 Å². The van der Waals surface area contributed by atoms with Crippen LogP contribution >= 0.6 is 12.4 Å². The van der Waals surface area contributed by atoms with Crippen molar-refractivity contribution in [3.8, 4) is 11.5 Å². The third-order valence-corrected chi connectivity index (χ3v) is 1.88. The van der Waals surface area contributed by atoms with E-state index in [0.29, 0.717) is 5.39 Å². The topological polar surface area (TPSA) is 40.5 Å². The maximum Gasteiger partial charge on any atom is 0.165 e. The Morgan fingerprint density at radius 3 is 2.31 bits per heavy atom. The molecule has 68 valence electrons. The van der Waals surface area contributed by atoms with E-state index < -0.39 is 0 Å². The Morgan fingerprint density at radius 1 is 0.846 bits per heavy atom. The number of aromatic hydroxyl groups is 2. The minimum absolute atomic E-state index is 0. The number of phenolic OH excluding ortho intramolecular Hbond substituents is 2. The summed E-state index contributed by atoms with van der Waals surface area (Å²) < 4.78 is 0. The van der Waals surface area contributed by atoms with Crippen molar-refractivity contribution in [3.63, 3.8) is 0 Å². The van der Waals surface area contributed by atoms with Gasteiger partial charge in [-0.3, -0.25) is 0 Å². The largest absolute Gasteiger partial charge is 0.504 e. The molecule has 0 atom stereocenters. The predicted molar refractivity (Wildman–Crippen MR) is 54.5 cm³/mol. The number of halogens is 1. The van der Waals surface area contributed by atoms with E-state index >= 15 is 0 Å². The van der Waals surface area contributed by atoms with Crippen LogP contribution in [0.15, 0.2) is 36.4 Å². The molecule has 0 saturated carbocycles. The molecule has 3 heteroatoms. The van der Waals surface area contributed by atoms with Gasteiger partial charge < -0.3 is 10.2 Å². The quantitative estimate of drug-likeness (QED) is 0.636. The van der Waals surface area contributed by atoms with E-state index in [4.69, 9.17) is 5.11 Å². The Kier molecular flexibility index (Phi) is 2.63. The van der Waals surface area contributed by atoms with E-state index in [1.807, 2.05) is 18.2 Å². The van der Waals surface area contributed by atoms with Gasteiger partial charge in [-0.2, -0.15) is 0 Å². The van der Waals surface area contributed by atoms with Gasteiger partial charge in [-0.15, -0.1) is 12.4 Å². The highest BCUT2D eigenvalue weighted by atomic mass is 35.5. The third kappa shape index (κ3) is 1.53. The van der Waals surface area contributed by atoms with E-state index in [-0.39, 0.29) is 23.9 Å². The molecule has 13 heavy (non-hydrogen) atoms. The predicted octanol–water partition coefficient (Wildman–Crippen LogP) is 2.67. The molecule has 0 amide bonds. The second kappa shape index (κ2) is 3.54. The fourth-order valence-electron chi connectivity index (χ4n) is 1.24. The summed E-state index contributed by atoms with van der Waals surface area (Å²) in [6.07, 6.45) is 0. The van der Waals surface area contributed by atoms with Crippen molar-refractivity contribution >= 4 is 23.2 Å². The van der Waals surface area contributed by atoms with Crippen LogP contribution in [0, 0.1) is 0 Å². The van der Waals surface area contributed by atoms with Gasteiger partial charge in [0.15, 0.2) is 11.5 Å². The summed E-state index contributed by atoms with van der Waals surface area (Å²) in [7, 11) is 0. The van der Waals surface area contributed by atoms with Crippen LogP contribution in [0.2, 0.25) is 0 Å². The van der Waals surface area contributed by atoms with Crippen LogP contribution in [-0.2, 0) is 0 Å². The molecular weight excluding hydrogens is 188 g/mol. The van der Waals surface area contributed by atoms with Crippen molar-refractivity contribution in [2.75, 3.05) is 0 Å². The average molecular weight is 197 g/mol. The number of rotatable bonds is 0. The van der Waals surface area contributed by atoms with Gasteiger partial charge in [0.1, 0.15) is 0 Å². The van der Waals surface area contributed by atoms with Crippen LogP contribution in [0.5, 0.6) is 11.5 Å². The molecule has 2 aromatic rings. The highest BCUT2D eigenvalue weighted by Crippen LogP contribution is 2.32. The number of phenols is 2. The SMILES string of the molecule is Cl.Oc1ccc2ccccc2c1O. The summed E-state index contributed by atoms with van der Waals surface area (Å²) in [5.74, 6) is -0.123. The minimum atomic E-state index is -0.0753. The Labute approximate surface area is 81.9 Å². The second-order valence-corrected chi connectivity index (χ2v) is 2.65. The van der Waals surface area contributed by atoms with Crippen LogP contribution in [0.25, 0.3) is 10.8 Å². The van der Waals surface area contributed by atoms with E-state index in [9.17, 15) is 5.11 Å². The van der Waals surface area contributed by atoms with E-state index in [1.54, 1.807) is 12.1 Å². The fraction of sp³-hybridized carbons (Fsp3) is 0. The molecule has 0 aromatic heterocycles. The van der Waals surface area contributed by atoms with Crippen LogP contribution in [-0.4, -0.2) is 10.2 Å². The molecule has 0 radical (unpaired) electrons. The first-order valence-electron chi connectivity index (χ1n) is 3.69. The lowest BCUT2D eigenvalue weighted by Gasteiger charge is -2.01. The zero-order chi connectivity index (χ0) is 8.55. The lowest BCUT2D eigenvalue weighted by atomic mass is 10.1. The molecule has 0 fully saturated rings. The first-order valence-corrected chi connectivity index (χ1v) is 3.69. The highest BCUT2D eigenvalue weighted by Gasteiger charge is 2.02. The minimum Gasteiger partial charge on any atom is -0.504 e. The molecule has 2 N–H and O–H groups in total. The Hall–Kier alpha value is -1.41. The van der Waals surface area contributed by atoms with Gasteiger partial charge >= 0.3 is 0 Å². The molecule has 0 bridgehead atoms. The zero-order valence-corrected chi connectivity index (χ0v) is 7.58. The van der Waals surface area contributed by atoms with Gasteiger partial charge in [0.25, 0.3) is 0 Å². The fourth-order valence-corrected chi connectivity index (χ4v) is 1.24.